The van der Waals surface area contributed by atoms with Crippen molar-refractivity contribution in [1.29, 1.82) is 0 Å². The molecule has 4 heteroatoms. The van der Waals surface area contributed by atoms with Gasteiger partial charge in [0.05, 0.1) is 17.3 Å². The summed E-state index contributed by atoms with van der Waals surface area (Å²) in [6.45, 7) is 1.96. The number of aryl methyl sites for hydroxylation is 2. The molecule has 102 valence electrons. The van der Waals surface area contributed by atoms with Crippen LogP contribution in [0.2, 0.25) is 0 Å². The molecule has 2 aromatic heterocycles. The van der Waals surface area contributed by atoms with Gasteiger partial charge in [0, 0.05) is 30.7 Å². The van der Waals surface area contributed by atoms with E-state index in [2.05, 4.69) is 10.1 Å². The molecular weight excluding hydrogens is 250 g/mol. The van der Waals surface area contributed by atoms with Gasteiger partial charge in [-0.3, -0.25) is 9.67 Å². The second-order valence-electron chi connectivity index (χ2n) is 5.04. The molecule has 0 spiro atoms. The van der Waals surface area contributed by atoms with Gasteiger partial charge < -0.3 is 5.11 Å². The van der Waals surface area contributed by atoms with Crippen molar-refractivity contribution in [2.75, 3.05) is 0 Å². The first-order valence-electron chi connectivity index (χ1n) is 6.66. The number of hydrogen-bond donors (Lipinski definition) is 1. The van der Waals surface area contributed by atoms with Crippen LogP contribution < -0.4 is 0 Å². The van der Waals surface area contributed by atoms with Crippen LogP contribution in [0.15, 0.2) is 42.6 Å². The molecule has 1 aromatic carbocycles. The first-order chi connectivity index (χ1) is 9.65. The lowest BCUT2D eigenvalue weighted by Gasteiger charge is -2.13. The van der Waals surface area contributed by atoms with Crippen molar-refractivity contribution in [2.24, 2.45) is 7.05 Å². The monoisotopic (exact) mass is 267 g/mol. The minimum absolute atomic E-state index is 0.547. The first-order valence-corrected chi connectivity index (χ1v) is 6.66. The van der Waals surface area contributed by atoms with Gasteiger partial charge >= 0.3 is 0 Å². The van der Waals surface area contributed by atoms with Crippen LogP contribution >= 0.6 is 0 Å². The van der Waals surface area contributed by atoms with Gasteiger partial charge in [0.15, 0.2) is 0 Å². The minimum Gasteiger partial charge on any atom is -0.388 e. The molecule has 1 atom stereocenters. The van der Waals surface area contributed by atoms with Gasteiger partial charge in [-0.15, -0.1) is 0 Å². The van der Waals surface area contributed by atoms with E-state index < -0.39 is 6.10 Å². The van der Waals surface area contributed by atoms with E-state index in [4.69, 9.17) is 0 Å². The van der Waals surface area contributed by atoms with Gasteiger partial charge in [0.25, 0.3) is 0 Å². The van der Waals surface area contributed by atoms with Crippen molar-refractivity contribution in [3.05, 3.63) is 59.5 Å². The van der Waals surface area contributed by atoms with Gasteiger partial charge in [0.2, 0.25) is 0 Å². The standard InChI is InChI=1S/C16H17N3O/c1-11-9-12(19(2)18-11)10-16(20)14-5-3-7-15-13(14)6-4-8-17-15/h3-9,16,20H,10H2,1-2H3. The van der Waals surface area contributed by atoms with E-state index in [0.717, 1.165) is 27.9 Å². The molecule has 0 saturated heterocycles. The summed E-state index contributed by atoms with van der Waals surface area (Å²) in [6.07, 6.45) is 1.76. The fourth-order valence-corrected chi connectivity index (χ4v) is 2.58. The largest absolute Gasteiger partial charge is 0.388 e. The molecule has 4 nitrogen and oxygen atoms in total. The van der Waals surface area contributed by atoms with Gasteiger partial charge in [-0.25, -0.2) is 0 Å². The van der Waals surface area contributed by atoms with E-state index in [-0.39, 0.29) is 0 Å². The summed E-state index contributed by atoms with van der Waals surface area (Å²) in [6, 6.07) is 11.7. The zero-order chi connectivity index (χ0) is 14.1. The molecule has 0 saturated carbocycles. The predicted molar refractivity (Wildman–Crippen MR) is 78.4 cm³/mol. The SMILES string of the molecule is Cc1cc(CC(O)c2cccc3ncccc23)n(C)n1. The first kappa shape index (κ1) is 12.8. The summed E-state index contributed by atoms with van der Waals surface area (Å²) in [5.41, 5.74) is 3.81. The molecule has 20 heavy (non-hydrogen) atoms. The third-order valence-electron chi connectivity index (χ3n) is 3.54. The Morgan fingerprint density at radius 1 is 1.25 bits per heavy atom. The lowest BCUT2D eigenvalue weighted by atomic mass is 10.00. The Balaban J connectivity index is 1.96. The smallest absolute Gasteiger partial charge is 0.0851 e. The Hall–Kier alpha value is -2.20. The zero-order valence-corrected chi connectivity index (χ0v) is 11.6. The summed E-state index contributed by atoms with van der Waals surface area (Å²) in [5, 5.41) is 15.9. The summed E-state index contributed by atoms with van der Waals surface area (Å²) >= 11 is 0. The molecule has 0 bridgehead atoms. The topological polar surface area (TPSA) is 50.9 Å². The van der Waals surface area contributed by atoms with Gasteiger partial charge in [-0.05, 0) is 30.7 Å². The van der Waals surface area contributed by atoms with Crippen LogP contribution in [-0.4, -0.2) is 19.9 Å². The average Bonchev–Trinajstić information content (AvgIpc) is 2.76. The lowest BCUT2D eigenvalue weighted by Crippen LogP contribution is -2.07. The Bertz CT molecular complexity index is 743. The van der Waals surface area contributed by atoms with E-state index >= 15 is 0 Å². The molecule has 0 radical (unpaired) electrons. The van der Waals surface area contributed by atoms with Crippen molar-refractivity contribution < 1.29 is 5.11 Å². The number of nitrogens with zero attached hydrogens (tertiary/aromatic N) is 3. The number of pyridine rings is 1. The summed E-state index contributed by atoms with van der Waals surface area (Å²) in [5.74, 6) is 0. The highest BCUT2D eigenvalue weighted by molar-refractivity contribution is 5.82. The third kappa shape index (κ3) is 2.30. The van der Waals surface area contributed by atoms with Crippen LogP contribution in [0.4, 0.5) is 0 Å². The molecule has 0 fully saturated rings. The summed E-state index contributed by atoms with van der Waals surface area (Å²) in [7, 11) is 1.90. The third-order valence-corrected chi connectivity index (χ3v) is 3.54. The molecule has 3 aromatic rings. The Kier molecular flexibility index (Phi) is 3.24. The molecule has 0 aliphatic heterocycles. The zero-order valence-electron chi connectivity index (χ0n) is 11.6. The van der Waals surface area contributed by atoms with E-state index in [1.54, 1.807) is 6.20 Å². The minimum atomic E-state index is -0.558. The van der Waals surface area contributed by atoms with E-state index in [1.807, 2.05) is 55.1 Å². The molecule has 3 rings (SSSR count). The van der Waals surface area contributed by atoms with Crippen molar-refractivity contribution in [3.8, 4) is 0 Å². The maximum atomic E-state index is 10.5. The summed E-state index contributed by atoms with van der Waals surface area (Å²) in [4.78, 5) is 4.32. The van der Waals surface area contributed by atoms with Gasteiger partial charge in [-0.1, -0.05) is 18.2 Å². The fourth-order valence-electron chi connectivity index (χ4n) is 2.58. The number of aromatic nitrogens is 3. The molecule has 1 unspecified atom stereocenters. The van der Waals surface area contributed by atoms with Gasteiger partial charge in [0.1, 0.15) is 0 Å². The Morgan fingerprint density at radius 2 is 2.10 bits per heavy atom. The van der Waals surface area contributed by atoms with Crippen LogP contribution in [0.25, 0.3) is 10.9 Å². The highest BCUT2D eigenvalue weighted by Gasteiger charge is 2.14. The maximum Gasteiger partial charge on any atom is 0.0851 e. The Labute approximate surface area is 117 Å². The predicted octanol–water partition coefficient (Wildman–Crippen LogP) is 2.55. The average molecular weight is 267 g/mol. The normalized spacial score (nSPS) is 12.8. The van der Waals surface area contributed by atoms with Gasteiger partial charge in [-0.2, -0.15) is 5.10 Å². The van der Waals surface area contributed by atoms with E-state index in [0.29, 0.717) is 6.42 Å². The molecular formula is C16H17N3O. The lowest BCUT2D eigenvalue weighted by molar-refractivity contribution is 0.177. The van der Waals surface area contributed by atoms with E-state index in [9.17, 15) is 5.11 Å². The number of rotatable bonds is 3. The summed E-state index contributed by atoms with van der Waals surface area (Å²) < 4.78 is 1.82. The second kappa shape index (κ2) is 5.06. The van der Waals surface area contributed by atoms with Crippen LogP contribution in [-0.2, 0) is 13.5 Å². The fraction of sp³-hybridized carbons (Fsp3) is 0.250. The maximum absolute atomic E-state index is 10.5. The number of benzene rings is 1. The van der Waals surface area contributed by atoms with Crippen molar-refractivity contribution in [2.45, 2.75) is 19.4 Å². The van der Waals surface area contributed by atoms with Crippen molar-refractivity contribution in [3.63, 3.8) is 0 Å². The van der Waals surface area contributed by atoms with Crippen LogP contribution in [0.5, 0.6) is 0 Å². The highest BCUT2D eigenvalue weighted by atomic mass is 16.3. The van der Waals surface area contributed by atoms with Crippen LogP contribution in [0.3, 0.4) is 0 Å². The Morgan fingerprint density at radius 3 is 2.85 bits per heavy atom. The van der Waals surface area contributed by atoms with E-state index in [1.165, 1.54) is 0 Å². The van der Waals surface area contributed by atoms with Crippen LogP contribution in [0.1, 0.15) is 23.1 Å². The second-order valence-corrected chi connectivity index (χ2v) is 5.04. The number of hydrogen-bond acceptors (Lipinski definition) is 3. The number of aliphatic hydroxyl groups is 1. The number of aliphatic hydroxyl groups excluding tert-OH is 1. The molecule has 0 aliphatic rings. The molecule has 2 heterocycles. The molecule has 0 aliphatic carbocycles. The highest BCUT2D eigenvalue weighted by Crippen LogP contribution is 2.25. The number of fused-ring (bicyclic) bond motifs is 1. The molecule has 0 amide bonds. The van der Waals surface area contributed by atoms with Crippen molar-refractivity contribution in [1.82, 2.24) is 14.8 Å². The van der Waals surface area contributed by atoms with Crippen molar-refractivity contribution >= 4 is 10.9 Å². The molecule has 1 N–H and O–H groups in total. The van der Waals surface area contributed by atoms with Crippen LogP contribution in [0, 0.1) is 6.92 Å². The quantitative estimate of drug-likeness (QED) is 0.793.